The monoisotopic (exact) mass is 495 g/mol. The Balaban J connectivity index is 1.73. The number of amides is 1. The van der Waals surface area contributed by atoms with E-state index in [2.05, 4.69) is 25.5 Å². The van der Waals surface area contributed by atoms with E-state index < -0.39 is 12.5 Å². The molecular formula is C25H27F2N7O2. The van der Waals surface area contributed by atoms with Gasteiger partial charge < -0.3 is 4.74 Å². The smallest absolute Gasteiger partial charge is 0.387 e. The quantitative estimate of drug-likeness (QED) is 0.284. The Labute approximate surface area is 206 Å². The number of hydrogen-bond donors (Lipinski definition) is 1. The van der Waals surface area contributed by atoms with Gasteiger partial charge in [0.1, 0.15) is 5.75 Å². The molecule has 0 atom stereocenters. The highest BCUT2D eigenvalue weighted by Crippen LogP contribution is 2.29. The summed E-state index contributed by atoms with van der Waals surface area (Å²) < 4.78 is 33.1. The Hall–Kier alpha value is -4.15. The predicted octanol–water partition coefficient (Wildman–Crippen LogP) is 4.61. The van der Waals surface area contributed by atoms with Crippen molar-refractivity contribution in [3.05, 3.63) is 59.0 Å². The van der Waals surface area contributed by atoms with Crippen LogP contribution in [0.15, 0.2) is 41.6 Å². The summed E-state index contributed by atoms with van der Waals surface area (Å²) >= 11 is 0. The minimum Gasteiger partial charge on any atom is -0.435 e. The van der Waals surface area contributed by atoms with Gasteiger partial charge in [0.25, 0.3) is 5.91 Å². The van der Waals surface area contributed by atoms with E-state index >= 15 is 0 Å². The first-order valence-electron chi connectivity index (χ1n) is 11.5. The maximum Gasteiger partial charge on any atom is 0.387 e. The van der Waals surface area contributed by atoms with Crippen molar-refractivity contribution in [1.82, 2.24) is 30.0 Å². The highest BCUT2D eigenvalue weighted by molar-refractivity contribution is 6.08. The topological polar surface area (TPSA) is 99.2 Å². The number of rotatable bonds is 8. The molecule has 188 valence electrons. The number of hydrogen-bond acceptors (Lipinski definition) is 6. The zero-order valence-electron chi connectivity index (χ0n) is 20.7. The number of hydrazone groups is 1. The van der Waals surface area contributed by atoms with Gasteiger partial charge in [-0.05, 0) is 45.4 Å². The lowest BCUT2D eigenvalue weighted by Crippen LogP contribution is -2.20. The molecule has 11 heteroatoms. The summed E-state index contributed by atoms with van der Waals surface area (Å²) in [7, 11) is 1.84. The number of aryl methyl sites for hydroxylation is 3. The molecule has 3 heterocycles. The van der Waals surface area contributed by atoms with Gasteiger partial charge in [0, 0.05) is 30.4 Å². The minimum atomic E-state index is -2.93. The number of benzene rings is 1. The van der Waals surface area contributed by atoms with Crippen molar-refractivity contribution in [2.45, 2.75) is 47.3 Å². The van der Waals surface area contributed by atoms with Crippen LogP contribution >= 0.6 is 0 Å². The van der Waals surface area contributed by atoms with Crippen LogP contribution in [0.25, 0.3) is 22.3 Å². The number of nitrogens with one attached hydrogen (secondary N) is 1. The largest absolute Gasteiger partial charge is 0.435 e. The highest BCUT2D eigenvalue weighted by Gasteiger charge is 2.21. The van der Waals surface area contributed by atoms with Gasteiger partial charge in [-0.3, -0.25) is 9.48 Å². The summed E-state index contributed by atoms with van der Waals surface area (Å²) in [5.41, 5.74) is 7.55. The summed E-state index contributed by atoms with van der Waals surface area (Å²) in [6, 6.07) is 7.84. The number of aromatic nitrogens is 5. The van der Waals surface area contributed by atoms with Gasteiger partial charge in [0.15, 0.2) is 5.65 Å². The van der Waals surface area contributed by atoms with Crippen LogP contribution < -0.4 is 10.2 Å². The van der Waals surface area contributed by atoms with Crippen molar-refractivity contribution < 1.29 is 18.3 Å². The number of carbonyl (C=O) groups excluding carboxylic acids is 1. The molecule has 9 nitrogen and oxygen atoms in total. The van der Waals surface area contributed by atoms with Gasteiger partial charge in [0.05, 0.1) is 34.2 Å². The number of alkyl halides is 2. The fourth-order valence-corrected chi connectivity index (χ4v) is 3.95. The Bertz CT molecular complexity index is 1460. The van der Waals surface area contributed by atoms with E-state index in [1.54, 1.807) is 40.7 Å². The molecule has 0 spiro atoms. The first-order valence-corrected chi connectivity index (χ1v) is 11.5. The zero-order chi connectivity index (χ0) is 26.0. The third-order valence-corrected chi connectivity index (χ3v) is 5.87. The second-order valence-corrected chi connectivity index (χ2v) is 8.37. The average Bonchev–Trinajstić information content (AvgIpc) is 3.35. The Kier molecular flexibility index (Phi) is 7.09. The number of carbonyl (C=O) groups is 1. The SMILES string of the molecule is CCCn1nc(C)c2c(C(=O)N/N=C(\C)c3cccc(OC(F)F)c3)cc(-c3cnn(C)c3C)nc21. The van der Waals surface area contributed by atoms with E-state index in [0.717, 1.165) is 17.7 Å². The number of pyridine rings is 1. The van der Waals surface area contributed by atoms with E-state index in [9.17, 15) is 13.6 Å². The average molecular weight is 496 g/mol. The number of halogens is 2. The zero-order valence-corrected chi connectivity index (χ0v) is 20.7. The molecule has 0 aliphatic rings. The maximum atomic E-state index is 13.4. The standard InChI is InChI=1S/C25H27F2N7O2/c1-6-10-34-23-22(15(3)32-34)19(12-21(29-23)20-13-28-33(5)16(20)4)24(35)31-30-14(2)17-8-7-9-18(11-17)36-25(26)27/h7-9,11-13,25H,6,10H2,1-5H3,(H,31,35)/b30-14+. The van der Waals surface area contributed by atoms with Gasteiger partial charge in [0.2, 0.25) is 0 Å². The van der Waals surface area contributed by atoms with Crippen LogP contribution in [-0.2, 0) is 13.6 Å². The van der Waals surface area contributed by atoms with Gasteiger partial charge >= 0.3 is 6.61 Å². The molecule has 0 saturated carbocycles. The van der Waals surface area contributed by atoms with Crippen molar-refractivity contribution in [2.75, 3.05) is 0 Å². The summed E-state index contributed by atoms with van der Waals surface area (Å²) in [5.74, 6) is -0.432. The molecule has 1 N–H and O–H groups in total. The predicted molar refractivity (Wildman–Crippen MR) is 132 cm³/mol. The van der Waals surface area contributed by atoms with Crippen molar-refractivity contribution in [2.24, 2.45) is 12.1 Å². The number of fused-ring (bicyclic) bond motifs is 1. The second-order valence-electron chi connectivity index (χ2n) is 8.37. The van der Waals surface area contributed by atoms with Crippen molar-refractivity contribution in [1.29, 1.82) is 0 Å². The molecular weight excluding hydrogens is 468 g/mol. The lowest BCUT2D eigenvalue weighted by Gasteiger charge is -2.09. The van der Waals surface area contributed by atoms with Crippen LogP contribution in [0.1, 0.15) is 47.6 Å². The Morgan fingerprint density at radius 2 is 2.03 bits per heavy atom. The summed E-state index contributed by atoms with van der Waals surface area (Å²) in [5, 5.41) is 13.8. The lowest BCUT2D eigenvalue weighted by atomic mass is 10.1. The molecule has 0 fully saturated rings. The molecule has 1 aromatic carbocycles. The molecule has 0 bridgehead atoms. The first kappa shape index (κ1) is 25.0. The molecule has 36 heavy (non-hydrogen) atoms. The minimum absolute atomic E-state index is 0.00895. The van der Waals surface area contributed by atoms with Crippen LogP contribution in [0.3, 0.4) is 0 Å². The van der Waals surface area contributed by atoms with Crippen molar-refractivity contribution >= 4 is 22.7 Å². The van der Waals surface area contributed by atoms with E-state index in [1.807, 2.05) is 27.8 Å². The third-order valence-electron chi connectivity index (χ3n) is 5.87. The Morgan fingerprint density at radius 3 is 2.69 bits per heavy atom. The first-order chi connectivity index (χ1) is 17.2. The number of nitrogens with zero attached hydrogens (tertiary/aromatic N) is 6. The van der Waals surface area contributed by atoms with Crippen LogP contribution in [0, 0.1) is 13.8 Å². The molecule has 0 aliphatic heterocycles. The fourth-order valence-electron chi connectivity index (χ4n) is 3.95. The van der Waals surface area contributed by atoms with Gasteiger partial charge in [-0.1, -0.05) is 19.1 Å². The Morgan fingerprint density at radius 1 is 1.25 bits per heavy atom. The third kappa shape index (κ3) is 4.95. The fraction of sp³-hybridized carbons (Fsp3) is 0.320. The highest BCUT2D eigenvalue weighted by atomic mass is 19.3. The van der Waals surface area contributed by atoms with Crippen molar-refractivity contribution in [3.63, 3.8) is 0 Å². The lowest BCUT2D eigenvalue weighted by molar-refractivity contribution is -0.0498. The van der Waals surface area contributed by atoms with E-state index in [0.29, 0.717) is 45.8 Å². The molecule has 0 radical (unpaired) electrons. The number of ether oxygens (including phenoxy) is 1. The van der Waals surface area contributed by atoms with Crippen LogP contribution in [0.4, 0.5) is 8.78 Å². The van der Waals surface area contributed by atoms with Crippen LogP contribution in [-0.4, -0.2) is 42.8 Å². The summed E-state index contributed by atoms with van der Waals surface area (Å²) in [6.07, 6.45) is 2.57. The molecule has 1 amide bonds. The second kappa shape index (κ2) is 10.2. The molecule has 3 aromatic heterocycles. The van der Waals surface area contributed by atoms with Gasteiger partial charge in [-0.15, -0.1) is 0 Å². The van der Waals surface area contributed by atoms with E-state index in [4.69, 9.17) is 4.98 Å². The molecule has 0 saturated heterocycles. The summed E-state index contributed by atoms with van der Waals surface area (Å²) in [6.45, 7) is 5.21. The molecule has 4 aromatic rings. The normalized spacial score (nSPS) is 11.9. The van der Waals surface area contributed by atoms with Crippen LogP contribution in [0.5, 0.6) is 5.75 Å². The van der Waals surface area contributed by atoms with Gasteiger partial charge in [-0.25, -0.2) is 15.1 Å². The van der Waals surface area contributed by atoms with E-state index in [-0.39, 0.29) is 5.75 Å². The van der Waals surface area contributed by atoms with Crippen molar-refractivity contribution in [3.8, 4) is 17.0 Å². The molecule has 4 rings (SSSR count). The molecule has 0 aliphatic carbocycles. The summed E-state index contributed by atoms with van der Waals surface area (Å²) in [4.78, 5) is 18.2. The molecule has 0 unspecified atom stereocenters. The maximum absolute atomic E-state index is 13.4. The van der Waals surface area contributed by atoms with Crippen LogP contribution in [0.2, 0.25) is 0 Å². The van der Waals surface area contributed by atoms with Gasteiger partial charge in [-0.2, -0.15) is 24.1 Å². The van der Waals surface area contributed by atoms with E-state index in [1.165, 1.54) is 12.1 Å².